The van der Waals surface area contributed by atoms with E-state index in [9.17, 15) is 4.39 Å². The Kier molecular flexibility index (Phi) is 2.46. The number of piperidine rings is 1. The van der Waals surface area contributed by atoms with E-state index >= 15 is 0 Å². The van der Waals surface area contributed by atoms with Crippen LogP contribution in [0.1, 0.15) is 32.6 Å². The summed E-state index contributed by atoms with van der Waals surface area (Å²) in [5.74, 6) is 0. The Balaban J connectivity index is 2.23. The van der Waals surface area contributed by atoms with Crippen LogP contribution < -0.4 is 5.32 Å². The van der Waals surface area contributed by atoms with Crippen molar-refractivity contribution >= 4 is 0 Å². The summed E-state index contributed by atoms with van der Waals surface area (Å²) in [6, 6.07) is 0.439. The molecule has 0 aromatic carbocycles. The van der Waals surface area contributed by atoms with Gasteiger partial charge in [0.05, 0.1) is 0 Å². The molecule has 9 heavy (non-hydrogen) atoms. The van der Waals surface area contributed by atoms with Crippen LogP contribution in [0.25, 0.3) is 0 Å². The highest BCUT2D eigenvalue weighted by atomic mass is 19.1. The van der Waals surface area contributed by atoms with Crippen LogP contribution in [0.4, 0.5) is 4.39 Å². The Morgan fingerprint density at radius 2 is 2.33 bits per heavy atom. The Morgan fingerprint density at radius 1 is 1.56 bits per heavy atom. The molecule has 1 rings (SSSR count). The van der Waals surface area contributed by atoms with Crippen molar-refractivity contribution in [2.24, 2.45) is 0 Å². The monoisotopic (exact) mass is 131 g/mol. The molecule has 2 unspecified atom stereocenters. The molecule has 0 bridgehead atoms. The van der Waals surface area contributed by atoms with Crippen LogP contribution >= 0.6 is 0 Å². The average Bonchev–Trinajstić information content (AvgIpc) is 1.88. The average molecular weight is 131 g/mol. The molecule has 2 heteroatoms. The van der Waals surface area contributed by atoms with Crippen LogP contribution in [0.3, 0.4) is 0 Å². The summed E-state index contributed by atoms with van der Waals surface area (Å²) in [6.07, 6.45) is 3.23. The molecule has 0 radical (unpaired) electrons. The molecule has 1 nitrogen and oxygen atoms in total. The molecule has 1 N–H and O–H groups in total. The highest BCUT2D eigenvalue weighted by molar-refractivity contribution is 4.72. The van der Waals surface area contributed by atoms with E-state index in [4.69, 9.17) is 0 Å². The number of nitrogens with one attached hydrogen (secondary N) is 1. The first kappa shape index (κ1) is 7.00. The van der Waals surface area contributed by atoms with Crippen LogP contribution in [0.5, 0.6) is 0 Å². The van der Waals surface area contributed by atoms with Gasteiger partial charge < -0.3 is 0 Å². The lowest BCUT2D eigenvalue weighted by Gasteiger charge is -2.24. The number of alkyl halides is 1. The predicted molar refractivity (Wildman–Crippen MR) is 36.0 cm³/mol. The van der Waals surface area contributed by atoms with Gasteiger partial charge in [-0.15, -0.1) is 0 Å². The maximum absolute atomic E-state index is 12.5. The molecule has 0 aromatic rings. The molecular weight excluding hydrogens is 117 g/mol. The van der Waals surface area contributed by atoms with Crippen LogP contribution in [0.2, 0.25) is 0 Å². The summed E-state index contributed by atoms with van der Waals surface area (Å²) in [6.45, 7) is 2.09. The third kappa shape index (κ3) is 1.94. The van der Waals surface area contributed by atoms with Gasteiger partial charge in [-0.2, -0.15) is 0 Å². The van der Waals surface area contributed by atoms with Gasteiger partial charge in [-0.05, 0) is 25.7 Å². The van der Waals surface area contributed by atoms with E-state index in [1.807, 2.05) is 0 Å². The van der Waals surface area contributed by atoms with E-state index in [1.165, 1.54) is 0 Å². The van der Waals surface area contributed by atoms with E-state index in [1.54, 1.807) is 0 Å². The molecule has 0 saturated carbocycles. The molecule has 1 heterocycles. The van der Waals surface area contributed by atoms with Crippen molar-refractivity contribution in [2.75, 3.05) is 0 Å². The van der Waals surface area contributed by atoms with Crippen molar-refractivity contribution in [1.29, 1.82) is 0 Å². The number of rotatable bonds is 1. The highest BCUT2D eigenvalue weighted by Gasteiger charge is 2.17. The van der Waals surface area contributed by atoms with Gasteiger partial charge in [-0.25, -0.2) is 4.39 Å². The van der Waals surface area contributed by atoms with Crippen molar-refractivity contribution < 1.29 is 4.39 Å². The second kappa shape index (κ2) is 3.16. The zero-order valence-corrected chi connectivity index (χ0v) is 5.86. The molecule has 1 saturated heterocycles. The van der Waals surface area contributed by atoms with Gasteiger partial charge in [0, 0.05) is 6.04 Å². The maximum Gasteiger partial charge on any atom is 0.151 e. The number of hydrogen-bond acceptors (Lipinski definition) is 1. The maximum atomic E-state index is 12.5. The van der Waals surface area contributed by atoms with Gasteiger partial charge in [-0.3, -0.25) is 5.32 Å². The quantitative estimate of drug-likeness (QED) is 0.535. The van der Waals surface area contributed by atoms with Crippen LogP contribution in [-0.4, -0.2) is 12.3 Å². The van der Waals surface area contributed by atoms with Gasteiger partial charge in [0.25, 0.3) is 0 Å². The minimum absolute atomic E-state index is 0.439. The zero-order chi connectivity index (χ0) is 6.69. The van der Waals surface area contributed by atoms with Gasteiger partial charge in [0.2, 0.25) is 0 Å². The smallest absolute Gasteiger partial charge is 0.151 e. The summed E-state index contributed by atoms with van der Waals surface area (Å²) >= 11 is 0. The minimum atomic E-state index is -0.733. The zero-order valence-electron chi connectivity index (χ0n) is 5.86. The second-order valence-corrected chi connectivity index (χ2v) is 2.67. The van der Waals surface area contributed by atoms with Gasteiger partial charge >= 0.3 is 0 Å². The molecule has 1 aliphatic heterocycles. The molecule has 1 fully saturated rings. The summed E-state index contributed by atoms with van der Waals surface area (Å²) in [4.78, 5) is 0. The summed E-state index contributed by atoms with van der Waals surface area (Å²) < 4.78 is 12.5. The van der Waals surface area contributed by atoms with Crippen molar-refractivity contribution in [2.45, 2.75) is 44.9 Å². The largest absolute Gasteiger partial charge is 0.285 e. The van der Waals surface area contributed by atoms with Crippen LogP contribution in [-0.2, 0) is 0 Å². The number of hydrogen-bond donors (Lipinski definition) is 1. The van der Waals surface area contributed by atoms with Crippen LogP contribution in [0.15, 0.2) is 0 Å². The molecule has 0 spiro atoms. The third-order valence-corrected chi connectivity index (χ3v) is 1.92. The standard InChI is InChI=1S/C7H14FN/c1-2-6-4-3-5-7(8)9-6/h6-7,9H,2-5H2,1H3. The van der Waals surface area contributed by atoms with E-state index in [0.29, 0.717) is 12.5 Å². The topological polar surface area (TPSA) is 12.0 Å². The Morgan fingerprint density at radius 3 is 2.78 bits per heavy atom. The van der Waals surface area contributed by atoms with Gasteiger partial charge in [0.1, 0.15) is 0 Å². The Bertz CT molecular complexity index is 85.0. The lowest BCUT2D eigenvalue weighted by Crippen LogP contribution is -2.39. The van der Waals surface area contributed by atoms with E-state index in [0.717, 1.165) is 19.3 Å². The lowest BCUT2D eigenvalue weighted by molar-refractivity contribution is 0.182. The fraction of sp³-hybridized carbons (Fsp3) is 1.00. The van der Waals surface area contributed by atoms with Crippen molar-refractivity contribution in [1.82, 2.24) is 5.32 Å². The Labute approximate surface area is 55.6 Å². The Hall–Kier alpha value is -0.110. The molecule has 0 aliphatic carbocycles. The molecule has 2 atom stereocenters. The molecular formula is C7H14FN. The van der Waals surface area contributed by atoms with E-state index in [2.05, 4.69) is 12.2 Å². The normalized spacial score (nSPS) is 36.7. The van der Waals surface area contributed by atoms with Gasteiger partial charge in [-0.1, -0.05) is 6.92 Å². The second-order valence-electron chi connectivity index (χ2n) is 2.67. The highest BCUT2D eigenvalue weighted by Crippen LogP contribution is 2.14. The van der Waals surface area contributed by atoms with E-state index in [-0.39, 0.29) is 0 Å². The van der Waals surface area contributed by atoms with Crippen molar-refractivity contribution in [3.05, 3.63) is 0 Å². The molecule has 0 amide bonds. The molecule has 54 valence electrons. The molecule has 0 aromatic heterocycles. The minimum Gasteiger partial charge on any atom is -0.285 e. The first-order valence-corrected chi connectivity index (χ1v) is 3.73. The molecule has 1 aliphatic rings. The van der Waals surface area contributed by atoms with Crippen molar-refractivity contribution in [3.8, 4) is 0 Å². The first-order valence-electron chi connectivity index (χ1n) is 3.73. The van der Waals surface area contributed by atoms with Crippen molar-refractivity contribution in [3.63, 3.8) is 0 Å². The third-order valence-electron chi connectivity index (χ3n) is 1.92. The summed E-state index contributed by atoms with van der Waals surface area (Å²) in [5.41, 5.74) is 0. The summed E-state index contributed by atoms with van der Waals surface area (Å²) in [5, 5.41) is 2.90. The SMILES string of the molecule is CCC1CCCC(F)N1. The fourth-order valence-corrected chi connectivity index (χ4v) is 1.29. The lowest BCUT2D eigenvalue weighted by atomic mass is 10.0. The predicted octanol–water partition coefficient (Wildman–Crippen LogP) is 1.83. The fourth-order valence-electron chi connectivity index (χ4n) is 1.29. The summed E-state index contributed by atoms with van der Waals surface area (Å²) in [7, 11) is 0. The first-order chi connectivity index (χ1) is 4.33. The van der Waals surface area contributed by atoms with Gasteiger partial charge in [0.15, 0.2) is 6.30 Å². The van der Waals surface area contributed by atoms with Crippen LogP contribution in [0, 0.1) is 0 Å². The van der Waals surface area contributed by atoms with E-state index < -0.39 is 6.30 Å². The number of halogens is 1.